The number of hydrogen-bond acceptors (Lipinski definition) is 8. The largest absolute Gasteiger partial charge is 0.508 e. The number of carbonyl (C=O) groups is 1. The Morgan fingerprint density at radius 1 is 1.10 bits per heavy atom. The number of phenols is 1. The van der Waals surface area contributed by atoms with E-state index in [0.717, 1.165) is 72.6 Å². The number of piperazine rings is 1. The van der Waals surface area contributed by atoms with E-state index in [1.54, 1.807) is 0 Å². The van der Waals surface area contributed by atoms with Gasteiger partial charge in [-0.25, -0.2) is 0 Å². The second kappa shape index (κ2) is 12.6. The molecule has 0 radical (unpaired) electrons. The number of likely N-dealkylation sites (tertiary alicyclic amines) is 1. The van der Waals surface area contributed by atoms with Crippen LogP contribution in [0, 0.1) is 5.92 Å². The molecule has 2 fully saturated rings. The predicted molar refractivity (Wildman–Crippen MR) is 166 cm³/mol. The number of nitrogens with zero attached hydrogens (tertiary/aromatic N) is 6. The lowest BCUT2D eigenvalue weighted by Gasteiger charge is -2.38. The van der Waals surface area contributed by atoms with Crippen molar-refractivity contribution in [3.8, 4) is 11.8 Å². The molecule has 4 heterocycles. The molecule has 0 bridgehead atoms. The molecule has 0 aliphatic carbocycles. The predicted octanol–water partition coefficient (Wildman–Crippen LogP) is 4.23. The topological polar surface area (TPSA) is 85.3 Å². The molecule has 3 aliphatic rings. The molecular formula is C33H42N6O3. The maximum atomic E-state index is 12.2. The summed E-state index contributed by atoms with van der Waals surface area (Å²) in [5.41, 5.74) is 3.13. The molecule has 2 aromatic carbocycles. The van der Waals surface area contributed by atoms with Crippen LogP contribution in [-0.2, 0) is 17.8 Å². The minimum Gasteiger partial charge on any atom is -0.508 e. The summed E-state index contributed by atoms with van der Waals surface area (Å²) in [4.78, 5) is 31.1. The molecule has 1 aromatic heterocycles. The van der Waals surface area contributed by atoms with Crippen LogP contribution < -0.4 is 14.5 Å². The van der Waals surface area contributed by atoms with Gasteiger partial charge in [-0.2, -0.15) is 9.97 Å². The summed E-state index contributed by atoms with van der Waals surface area (Å²) in [6.45, 7) is 13.9. The number of aromatic hydroxyl groups is 1. The number of carbonyl (C=O) groups excluding carboxylic acids is 1. The number of phenolic OH excluding ortho intramolecular Hbond substituents is 1. The summed E-state index contributed by atoms with van der Waals surface area (Å²) in [6.07, 6.45) is 5.77. The summed E-state index contributed by atoms with van der Waals surface area (Å²) < 4.78 is 6.34. The van der Waals surface area contributed by atoms with Crippen molar-refractivity contribution < 1.29 is 14.6 Å². The zero-order valence-corrected chi connectivity index (χ0v) is 24.7. The second-order valence-electron chi connectivity index (χ2n) is 11.7. The van der Waals surface area contributed by atoms with E-state index in [0.29, 0.717) is 51.3 Å². The first-order chi connectivity index (χ1) is 20.5. The smallest absolute Gasteiger partial charge is 0.318 e. The molecule has 9 heteroatoms. The van der Waals surface area contributed by atoms with Crippen LogP contribution in [0.15, 0.2) is 49.1 Å². The van der Waals surface area contributed by atoms with Crippen LogP contribution in [0.5, 0.6) is 11.8 Å². The van der Waals surface area contributed by atoms with Gasteiger partial charge in [0.2, 0.25) is 5.91 Å². The number of aromatic nitrogens is 2. The van der Waals surface area contributed by atoms with Gasteiger partial charge in [-0.3, -0.25) is 4.79 Å². The number of fused-ring (bicyclic) bond motifs is 2. The molecule has 0 saturated carbocycles. The molecule has 9 nitrogen and oxygen atoms in total. The summed E-state index contributed by atoms with van der Waals surface area (Å²) in [6, 6.07) is 12.3. The van der Waals surface area contributed by atoms with Crippen molar-refractivity contribution >= 4 is 28.2 Å². The summed E-state index contributed by atoms with van der Waals surface area (Å²) in [7, 11) is 0. The Kier molecular flexibility index (Phi) is 8.46. The van der Waals surface area contributed by atoms with E-state index in [1.807, 2.05) is 35.2 Å². The number of hydrogen-bond donors (Lipinski definition) is 1. The van der Waals surface area contributed by atoms with Gasteiger partial charge in [0.1, 0.15) is 11.6 Å². The van der Waals surface area contributed by atoms with E-state index in [1.165, 1.54) is 18.9 Å². The van der Waals surface area contributed by atoms with Crippen molar-refractivity contribution in [1.29, 1.82) is 0 Å². The lowest BCUT2D eigenvalue weighted by molar-refractivity contribution is -0.126. The Balaban J connectivity index is 1.26. The third kappa shape index (κ3) is 6.02. The van der Waals surface area contributed by atoms with Crippen molar-refractivity contribution in [1.82, 2.24) is 19.8 Å². The molecule has 1 atom stereocenters. The Hall–Kier alpha value is -3.85. The molecule has 0 spiro atoms. The summed E-state index contributed by atoms with van der Waals surface area (Å²) in [5, 5.41) is 12.6. The van der Waals surface area contributed by atoms with Crippen molar-refractivity contribution in [3.63, 3.8) is 0 Å². The highest BCUT2D eigenvalue weighted by atomic mass is 16.5. The van der Waals surface area contributed by atoms with Crippen LogP contribution >= 0.6 is 0 Å². The first-order valence-electron chi connectivity index (χ1n) is 15.4. The van der Waals surface area contributed by atoms with E-state index < -0.39 is 0 Å². The van der Waals surface area contributed by atoms with Crippen LogP contribution in [0.3, 0.4) is 0 Å². The average molecular weight is 571 g/mol. The second-order valence-corrected chi connectivity index (χ2v) is 11.7. The van der Waals surface area contributed by atoms with E-state index in [9.17, 15) is 9.90 Å². The monoisotopic (exact) mass is 570 g/mol. The zero-order valence-electron chi connectivity index (χ0n) is 24.7. The van der Waals surface area contributed by atoms with E-state index >= 15 is 0 Å². The van der Waals surface area contributed by atoms with Crippen molar-refractivity contribution in [3.05, 3.63) is 60.3 Å². The molecule has 6 rings (SSSR count). The molecule has 3 aromatic rings. The number of rotatable bonds is 9. The lowest BCUT2D eigenvalue weighted by Crippen LogP contribution is -2.49. The van der Waals surface area contributed by atoms with Crippen LogP contribution in [0.2, 0.25) is 0 Å². The molecule has 1 N–H and O–H groups in total. The van der Waals surface area contributed by atoms with E-state index in [-0.39, 0.29) is 11.7 Å². The molecule has 2 saturated heterocycles. The molecule has 1 unspecified atom stereocenters. The standard InChI is InChI=1S/C33H42N6O3/c1-3-5-12-36-13-10-24(21-36)23-42-33-34-29-22-39(30-20-26(40)19-25-8-6-7-9-27(25)30)14-11-28(29)32(35-33)38-17-15-37(16-18-38)31(41)4-2/h4,6-9,19-20,24,40H,2-3,5,10-18,21-23H2,1H3. The van der Waals surface area contributed by atoms with Crippen molar-refractivity contribution in [2.45, 2.75) is 39.2 Å². The van der Waals surface area contributed by atoms with Crippen LogP contribution in [0.25, 0.3) is 10.8 Å². The normalized spacial score (nSPS) is 19.3. The lowest BCUT2D eigenvalue weighted by atomic mass is 10.0. The molecule has 42 heavy (non-hydrogen) atoms. The van der Waals surface area contributed by atoms with Crippen molar-refractivity contribution in [2.24, 2.45) is 5.92 Å². The number of anilines is 2. The summed E-state index contributed by atoms with van der Waals surface area (Å²) >= 11 is 0. The minimum atomic E-state index is -0.0260. The number of unbranched alkanes of at least 4 members (excludes halogenated alkanes) is 1. The van der Waals surface area contributed by atoms with Gasteiger partial charge >= 0.3 is 6.01 Å². The Morgan fingerprint density at radius 2 is 1.93 bits per heavy atom. The van der Waals surface area contributed by atoms with E-state index in [4.69, 9.17) is 14.7 Å². The third-order valence-electron chi connectivity index (χ3n) is 8.90. The Bertz CT molecular complexity index is 1440. The first-order valence-corrected chi connectivity index (χ1v) is 15.4. The highest BCUT2D eigenvalue weighted by molar-refractivity contribution is 5.95. The van der Waals surface area contributed by atoms with Crippen LogP contribution in [-0.4, -0.2) is 89.7 Å². The zero-order chi connectivity index (χ0) is 29.1. The van der Waals surface area contributed by atoms with Gasteiger partial charge < -0.3 is 29.4 Å². The fraction of sp³-hybridized carbons (Fsp3) is 0.485. The summed E-state index contributed by atoms with van der Waals surface area (Å²) in [5.74, 6) is 1.64. The average Bonchev–Trinajstić information content (AvgIpc) is 3.49. The van der Waals surface area contributed by atoms with Gasteiger partial charge in [0.05, 0.1) is 18.8 Å². The quantitative estimate of drug-likeness (QED) is 0.383. The van der Waals surface area contributed by atoms with E-state index in [2.05, 4.69) is 34.3 Å². The molecular weight excluding hydrogens is 528 g/mol. The maximum absolute atomic E-state index is 12.2. The molecule has 222 valence electrons. The minimum absolute atomic E-state index is 0.0260. The Labute approximate surface area is 248 Å². The molecule has 1 amide bonds. The van der Waals surface area contributed by atoms with Gasteiger partial charge in [0.15, 0.2) is 0 Å². The third-order valence-corrected chi connectivity index (χ3v) is 8.90. The highest BCUT2D eigenvalue weighted by Gasteiger charge is 2.30. The maximum Gasteiger partial charge on any atom is 0.318 e. The van der Waals surface area contributed by atoms with Crippen molar-refractivity contribution in [2.75, 3.05) is 68.8 Å². The Morgan fingerprint density at radius 3 is 2.74 bits per heavy atom. The van der Waals surface area contributed by atoms with Crippen LogP contribution in [0.1, 0.15) is 37.4 Å². The van der Waals surface area contributed by atoms with Gasteiger partial charge in [0.25, 0.3) is 0 Å². The van der Waals surface area contributed by atoms with Gasteiger partial charge in [-0.1, -0.05) is 44.2 Å². The number of amides is 1. The fourth-order valence-corrected chi connectivity index (χ4v) is 6.55. The van der Waals surface area contributed by atoms with Gasteiger partial charge in [-0.15, -0.1) is 0 Å². The van der Waals surface area contributed by atoms with Crippen LogP contribution in [0.4, 0.5) is 11.5 Å². The fourth-order valence-electron chi connectivity index (χ4n) is 6.55. The highest BCUT2D eigenvalue weighted by Crippen LogP contribution is 2.36. The molecule has 3 aliphatic heterocycles. The number of ether oxygens (including phenoxy) is 1. The SMILES string of the molecule is C=CC(=O)N1CCN(c2nc(OCC3CCN(CCCC)C3)nc3c2CCN(c2cc(O)cc4ccccc24)C3)CC1. The van der Waals surface area contributed by atoms with Gasteiger partial charge in [0, 0.05) is 67.9 Å². The number of benzene rings is 2. The van der Waals surface area contributed by atoms with Gasteiger partial charge in [-0.05, 0) is 49.9 Å². The first kappa shape index (κ1) is 28.3.